The van der Waals surface area contributed by atoms with Crippen LogP contribution in [0.3, 0.4) is 0 Å². The molecule has 4 rings (SSSR count). The third kappa shape index (κ3) is 5.31. The molecule has 2 amide bonds. The molecule has 182 valence electrons. The quantitative estimate of drug-likeness (QED) is 0.495. The van der Waals surface area contributed by atoms with Gasteiger partial charge in [0.1, 0.15) is 0 Å². The molecule has 5 atom stereocenters. The van der Waals surface area contributed by atoms with E-state index < -0.39 is 17.6 Å². The number of likely N-dealkylation sites (tertiary alicyclic amines) is 1. The van der Waals surface area contributed by atoms with Crippen molar-refractivity contribution in [1.29, 1.82) is 0 Å². The smallest absolute Gasteiger partial charge is 0.252 e. The second-order valence-corrected chi connectivity index (χ2v) is 11.1. The maximum absolute atomic E-state index is 13.2. The number of amides is 2. The van der Waals surface area contributed by atoms with Gasteiger partial charge in [0.05, 0.1) is 5.60 Å². The molecule has 0 aromatic heterocycles. The third-order valence-corrected chi connectivity index (χ3v) is 9.02. The Morgan fingerprint density at radius 3 is 2.34 bits per heavy atom. The van der Waals surface area contributed by atoms with E-state index in [9.17, 15) is 19.8 Å². The largest absolute Gasteiger partial charge is 0.387 e. The summed E-state index contributed by atoms with van der Waals surface area (Å²) in [5, 5.41) is 23.4. The van der Waals surface area contributed by atoms with Gasteiger partial charge in [-0.2, -0.15) is 0 Å². The molecule has 3 aliphatic carbocycles. The zero-order chi connectivity index (χ0) is 22.7. The lowest BCUT2D eigenvalue weighted by atomic mass is 9.72. The van der Waals surface area contributed by atoms with Crippen LogP contribution in [0.2, 0.25) is 0 Å². The summed E-state index contributed by atoms with van der Waals surface area (Å²) in [5.41, 5.74) is 4.66. The highest BCUT2D eigenvalue weighted by atomic mass is 16.4. The van der Waals surface area contributed by atoms with E-state index in [4.69, 9.17) is 5.73 Å². The van der Waals surface area contributed by atoms with E-state index in [0.29, 0.717) is 25.2 Å². The van der Waals surface area contributed by atoms with Crippen molar-refractivity contribution >= 4 is 11.8 Å². The Labute approximate surface area is 192 Å². The standard InChI is InChI=1S/C25H43N3O4/c26-16-17-4-1-5-19(14-17)18-8-12-28(13-9-18)24(31)20-6-2-7-21(15-20)27-23(30)22(29)25(32)10-3-11-25/h17-22,29,32H,1-16,26H2,(H,27,30). The highest BCUT2D eigenvalue weighted by Crippen LogP contribution is 2.39. The number of nitrogens with one attached hydrogen (secondary N) is 1. The van der Waals surface area contributed by atoms with E-state index in [1.807, 2.05) is 0 Å². The Morgan fingerprint density at radius 2 is 1.69 bits per heavy atom. The Morgan fingerprint density at radius 1 is 0.969 bits per heavy atom. The molecule has 7 heteroatoms. The van der Waals surface area contributed by atoms with Gasteiger partial charge < -0.3 is 26.2 Å². The highest BCUT2D eigenvalue weighted by Gasteiger charge is 2.46. The van der Waals surface area contributed by atoms with Crippen molar-refractivity contribution in [3.63, 3.8) is 0 Å². The van der Waals surface area contributed by atoms with Crippen LogP contribution < -0.4 is 11.1 Å². The summed E-state index contributed by atoms with van der Waals surface area (Å²) in [6, 6.07) is -0.100. The number of piperidine rings is 1. The topological polar surface area (TPSA) is 116 Å². The third-order valence-electron chi connectivity index (χ3n) is 9.02. The summed E-state index contributed by atoms with van der Waals surface area (Å²) in [7, 11) is 0. The molecule has 0 bridgehead atoms. The SMILES string of the molecule is NCC1CCCC(C2CCN(C(=O)C3CCCC(NC(=O)C(O)C4(O)CCC4)C3)CC2)C1. The molecule has 4 aliphatic rings. The van der Waals surface area contributed by atoms with Crippen LogP contribution >= 0.6 is 0 Å². The second kappa shape index (κ2) is 10.4. The van der Waals surface area contributed by atoms with Crippen LogP contribution in [0.5, 0.6) is 0 Å². The van der Waals surface area contributed by atoms with E-state index >= 15 is 0 Å². The first-order valence-electron chi connectivity index (χ1n) is 13.1. The average molecular weight is 450 g/mol. The van der Waals surface area contributed by atoms with Gasteiger partial charge in [-0.25, -0.2) is 0 Å². The number of carbonyl (C=O) groups excluding carboxylic acids is 2. The van der Waals surface area contributed by atoms with E-state index in [-0.39, 0.29) is 17.9 Å². The molecule has 1 heterocycles. The lowest BCUT2D eigenvalue weighted by Crippen LogP contribution is -2.57. The molecular weight excluding hydrogens is 406 g/mol. The Hall–Kier alpha value is -1.18. The zero-order valence-corrected chi connectivity index (χ0v) is 19.5. The molecule has 4 fully saturated rings. The van der Waals surface area contributed by atoms with E-state index in [0.717, 1.165) is 70.0 Å². The number of aliphatic hydroxyl groups excluding tert-OH is 1. The van der Waals surface area contributed by atoms with Gasteiger partial charge in [0, 0.05) is 25.0 Å². The first-order chi connectivity index (χ1) is 15.4. The van der Waals surface area contributed by atoms with Crippen LogP contribution in [0.1, 0.15) is 83.5 Å². The van der Waals surface area contributed by atoms with Crippen molar-refractivity contribution in [3.8, 4) is 0 Å². The zero-order valence-electron chi connectivity index (χ0n) is 19.5. The molecule has 1 saturated heterocycles. The maximum atomic E-state index is 13.2. The minimum Gasteiger partial charge on any atom is -0.387 e. The molecule has 32 heavy (non-hydrogen) atoms. The molecule has 3 saturated carbocycles. The molecule has 0 radical (unpaired) electrons. The lowest BCUT2D eigenvalue weighted by Gasteiger charge is -2.41. The molecule has 7 nitrogen and oxygen atoms in total. The first kappa shape index (κ1) is 24.0. The number of nitrogens with two attached hydrogens (primary N) is 1. The van der Waals surface area contributed by atoms with Crippen molar-refractivity contribution in [2.75, 3.05) is 19.6 Å². The van der Waals surface area contributed by atoms with Gasteiger partial charge in [0.25, 0.3) is 5.91 Å². The van der Waals surface area contributed by atoms with Crippen molar-refractivity contribution in [1.82, 2.24) is 10.2 Å². The van der Waals surface area contributed by atoms with Crippen LogP contribution in [0, 0.1) is 23.7 Å². The maximum Gasteiger partial charge on any atom is 0.252 e. The minimum atomic E-state index is -1.37. The first-order valence-corrected chi connectivity index (χ1v) is 13.1. The number of aliphatic hydroxyl groups is 2. The van der Waals surface area contributed by atoms with Crippen LogP contribution in [0.25, 0.3) is 0 Å². The van der Waals surface area contributed by atoms with Gasteiger partial charge in [-0.05, 0) is 88.5 Å². The molecule has 0 aromatic carbocycles. The summed E-state index contributed by atoms with van der Waals surface area (Å²) < 4.78 is 0. The van der Waals surface area contributed by atoms with Crippen molar-refractivity contribution in [3.05, 3.63) is 0 Å². The van der Waals surface area contributed by atoms with Gasteiger partial charge in [-0.3, -0.25) is 9.59 Å². The lowest BCUT2D eigenvalue weighted by molar-refractivity contribution is -0.160. The van der Waals surface area contributed by atoms with Gasteiger partial charge in [0.15, 0.2) is 6.10 Å². The van der Waals surface area contributed by atoms with Crippen LogP contribution in [0.4, 0.5) is 0 Å². The van der Waals surface area contributed by atoms with Gasteiger partial charge in [-0.1, -0.05) is 19.3 Å². The van der Waals surface area contributed by atoms with Crippen molar-refractivity contribution < 1.29 is 19.8 Å². The Kier molecular flexibility index (Phi) is 7.78. The van der Waals surface area contributed by atoms with Crippen LogP contribution in [0.15, 0.2) is 0 Å². The van der Waals surface area contributed by atoms with E-state index in [1.54, 1.807) is 0 Å². The Balaban J connectivity index is 1.23. The summed E-state index contributed by atoms with van der Waals surface area (Å²) in [4.78, 5) is 27.7. The number of hydrogen-bond acceptors (Lipinski definition) is 5. The second-order valence-electron chi connectivity index (χ2n) is 11.1. The van der Waals surface area contributed by atoms with E-state index in [2.05, 4.69) is 10.2 Å². The molecule has 5 unspecified atom stereocenters. The normalized spacial score (nSPS) is 34.4. The van der Waals surface area contributed by atoms with Gasteiger partial charge in [-0.15, -0.1) is 0 Å². The average Bonchev–Trinajstić information content (AvgIpc) is 2.81. The molecule has 1 aliphatic heterocycles. The molecule has 0 aromatic rings. The summed E-state index contributed by atoms with van der Waals surface area (Å²) in [6.07, 6.45) is 11.0. The number of rotatable bonds is 6. The molecule has 5 N–H and O–H groups in total. The van der Waals surface area contributed by atoms with Crippen LogP contribution in [-0.2, 0) is 9.59 Å². The summed E-state index contributed by atoms with van der Waals surface area (Å²) in [6.45, 7) is 2.52. The fourth-order valence-corrected chi connectivity index (χ4v) is 6.71. The number of carbonyl (C=O) groups is 2. The number of hydrogen-bond donors (Lipinski definition) is 4. The van der Waals surface area contributed by atoms with Crippen LogP contribution in [-0.4, -0.2) is 64.3 Å². The Bertz CT molecular complexity index is 660. The van der Waals surface area contributed by atoms with Gasteiger partial charge in [0.2, 0.25) is 5.91 Å². The van der Waals surface area contributed by atoms with Crippen molar-refractivity contribution in [2.24, 2.45) is 29.4 Å². The van der Waals surface area contributed by atoms with E-state index in [1.165, 1.54) is 25.7 Å². The van der Waals surface area contributed by atoms with Crippen molar-refractivity contribution in [2.45, 2.75) is 101 Å². The fourth-order valence-electron chi connectivity index (χ4n) is 6.71. The number of nitrogens with zero attached hydrogens (tertiary/aromatic N) is 1. The predicted octanol–water partition coefficient (Wildman–Crippen LogP) is 1.94. The molecular formula is C25H43N3O4. The summed E-state index contributed by atoms with van der Waals surface area (Å²) in [5.74, 6) is 1.89. The minimum absolute atomic E-state index is 0.0502. The summed E-state index contributed by atoms with van der Waals surface area (Å²) >= 11 is 0. The fraction of sp³-hybridized carbons (Fsp3) is 0.920. The van der Waals surface area contributed by atoms with Gasteiger partial charge >= 0.3 is 0 Å². The highest BCUT2D eigenvalue weighted by molar-refractivity contribution is 5.83. The monoisotopic (exact) mass is 449 g/mol. The molecule has 0 spiro atoms. The predicted molar refractivity (Wildman–Crippen MR) is 123 cm³/mol.